The third kappa shape index (κ3) is 2.97. The van der Waals surface area contributed by atoms with E-state index in [0.29, 0.717) is 0 Å². The van der Waals surface area contributed by atoms with Crippen LogP contribution in [0.2, 0.25) is 0 Å². The van der Waals surface area contributed by atoms with Gasteiger partial charge < -0.3 is 5.11 Å². The van der Waals surface area contributed by atoms with Crippen molar-refractivity contribution >= 4 is 0 Å². The maximum atomic E-state index is 8.78. The Labute approximate surface area is 80.0 Å². The minimum atomic E-state index is 0. The van der Waals surface area contributed by atoms with Crippen LogP contribution in [0.25, 0.3) is 0 Å². The van der Waals surface area contributed by atoms with Crippen molar-refractivity contribution < 1.29 is 37.8 Å². The minimum Gasteiger partial charge on any atom is -0.566 e. The Balaban J connectivity index is 0.000000640. The van der Waals surface area contributed by atoms with Crippen molar-refractivity contribution in [1.29, 1.82) is 0 Å². The van der Waals surface area contributed by atoms with E-state index in [2.05, 4.69) is 6.07 Å². The van der Waals surface area contributed by atoms with Crippen LogP contribution in [0, 0.1) is 13.0 Å². The molecule has 0 atom stereocenters. The van der Waals surface area contributed by atoms with E-state index in [1.165, 1.54) is 6.07 Å². The molecule has 1 rings (SSSR count). The Morgan fingerprint density at radius 2 is 2.11 bits per heavy atom. The molecule has 2 heteroatoms. The number of hydrogen-bond acceptors (Lipinski definition) is 1. The molecule has 0 aromatic heterocycles. The standard InChI is InChI=1S/C7H7O.Y/c1-6-3-2-4-7(8)5-6;/h3-5,8H,1H3;/q-1;. The molecule has 0 unspecified atom stereocenters. The van der Waals surface area contributed by atoms with Crippen molar-refractivity contribution in [2.75, 3.05) is 0 Å². The molecule has 0 saturated carbocycles. The quantitative estimate of drug-likeness (QED) is 0.623. The third-order valence-electron chi connectivity index (χ3n) is 0.918. The van der Waals surface area contributed by atoms with Crippen LogP contribution in [-0.4, -0.2) is 5.11 Å². The van der Waals surface area contributed by atoms with Crippen LogP contribution >= 0.6 is 0 Å². The zero-order chi connectivity index (χ0) is 5.98. The Morgan fingerprint density at radius 1 is 1.44 bits per heavy atom. The van der Waals surface area contributed by atoms with Crippen LogP contribution in [0.5, 0.6) is 5.75 Å². The van der Waals surface area contributed by atoms with Gasteiger partial charge in [-0.15, -0.1) is 12.1 Å². The maximum absolute atomic E-state index is 8.78. The molecule has 1 radical (unpaired) electrons. The fourth-order valence-corrected chi connectivity index (χ4v) is 0.575. The van der Waals surface area contributed by atoms with Gasteiger partial charge in [0.05, 0.1) is 0 Å². The molecule has 0 fully saturated rings. The Kier molecular flexibility index (Phi) is 4.08. The van der Waals surface area contributed by atoms with Crippen LogP contribution in [0.1, 0.15) is 5.56 Å². The molecule has 0 aliphatic heterocycles. The van der Waals surface area contributed by atoms with Gasteiger partial charge >= 0.3 is 0 Å². The molecule has 0 bridgehead atoms. The van der Waals surface area contributed by atoms with E-state index in [1.807, 2.05) is 13.0 Å². The fourth-order valence-electron chi connectivity index (χ4n) is 0.575. The molecule has 0 amide bonds. The molecule has 9 heavy (non-hydrogen) atoms. The van der Waals surface area contributed by atoms with E-state index in [0.717, 1.165) is 5.56 Å². The van der Waals surface area contributed by atoms with Crippen molar-refractivity contribution in [3.63, 3.8) is 0 Å². The van der Waals surface area contributed by atoms with Crippen molar-refractivity contribution in [2.45, 2.75) is 6.92 Å². The summed E-state index contributed by atoms with van der Waals surface area (Å²) < 4.78 is 0. The normalized spacial score (nSPS) is 8.11. The predicted octanol–water partition coefficient (Wildman–Crippen LogP) is 1.50. The summed E-state index contributed by atoms with van der Waals surface area (Å²) in [5.74, 6) is 0.282. The van der Waals surface area contributed by atoms with Crippen LogP contribution in [0.4, 0.5) is 0 Å². The average Bonchev–Trinajstić information content (AvgIpc) is 1.64. The van der Waals surface area contributed by atoms with Gasteiger partial charge in [-0.2, -0.15) is 17.7 Å². The molecule has 0 saturated heterocycles. The summed E-state index contributed by atoms with van der Waals surface area (Å²) in [5, 5.41) is 8.78. The maximum Gasteiger partial charge on any atom is 0.00347 e. The summed E-state index contributed by atoms with van der Waals surface area (Å²) >= 11 is 0. The van der Waals surface area contributed by atoms with E-state index in [9.17, 15) is 0 Å². The topological polar surface area (TPSA) is 20.2 Å². The predicted molar refractivity (Wildman–Crippen MR) is 31.7 cm³/mol. The molecule has 0 aliphatic rings. The second-order valence-electron chi connectivity index (χ2n) is 1.77. The zero-order valence-electron chi connectivity index (χ0n) is 5.26. The SMILES string of the molecule is Cc1c[c-]cc(O)c1.[Y]. The largest absolute Gasteiger partial charge is 0.566 e. The first-order valence-electron chi connectivity index (χ1n) is 2.46. The van der Waals surface area contributed by atoms with E-state index in [4.69, 9.17) is 5.11 Å². The first-order valence-corrected chi connectivity index (χ1v) is 2.46. The summed E-state index contributed by atoms with van der Waals surface area (Å²) in [5.41, 5.74) is 1.03. The molecular weight excluding hydrogens is 189 g/mol. The number of phenolic OH excluding ortho intramolecular Hbond substituents is 1. The number of hydrogen-bond donors (Lipinski definition) is 1. The van der Waals surface area contributed by atoms with Crippen molar-refractivity contribution in [2.24, 2.45) is 0 Å². The van der Waals surface area contributed by atoms with Crippen molar-refractivity contribution in [1.82, 2.24) is 0 Å². The summed E-state index contributed by atoms with van der Waals surface area (Å²) in [6.45, 7) is 1.91. The van der Waals surface area contributed by atoms with Gasteiger partial charge in [0.15, 0.2) is 0 Å². The van der Waals surface area contributed by atoms with Gasteiger partial charge in [-0.05, 0) is 0 Å². The Hall–Kier alpha value is 0.124. The van der Waals surface area contributed by atoms with Crippen LogP contribution < -0.4 is 0 Å². The minimum absolute atomic E-state index is 0. The van der Waals surface area contributed by atoms with Crippen LogP contribution in [0.3, 0.4) is 0 Å². The molecule has 1 aromatic rings. The number of rotatable bonds is 0. The van der Waals surface area contributed by atoms with Gasteiger partial charge in [0.1, 0.15) is 0 Å². The van der Waals surface area contributed by atoms with E-state index in [1.54, 1.807) is 6.07 Å². The monoisotopic (exact) mass is 196 g/mol. The summed E-state index contributed by atoms with van der Waals surface area (Å²) in [7, 11) is 0. The molecular formula is C7H7OY-. The smallest absolute Gasteiger partial charge is 0.00347 e. The molecule has 0 aliphatic carbocycles. The summed E-state index contributed by atoms with van der Waals surface area (Å²) in [4.78, 5) is 0. The van der Waals surface area contributed by atoms with Crippen LogP contribution in [0.15, 0.2) is 18.2 Å². The molecule has 1 nitrogen and oxygen atoms in total. The fraction of sp³-hybridized carbons (Fsp3) is 0.143. The number of benzene rings is 1. The third-order valence-corrected chi connectivity index (χ3v) is 0.918. The first kappa shape index (κ1) is 9.12. The van der Waals surface area contributed by atoms with E-state index >= 15 is 0 Å². The first-order chi connectivity index (χ1) is 3.79. The molecule has 1 aromatic carbocycles. The van der Waals surface area contributed by atoms with Gasteiger partial charge in [0.2, 0.25) is 0 Å². The van der Waals surface area contributed by atoms with Gasteiger partial charge in [0, 0.05) is 38.5 Å². The molecule has 45 valence electrons. The summed E-state index contributed by atoms with van der Waals surface area (Å²) in [6, 6.07) is 7.82. The summed E-state index contributed by atoms with van der Waals surface area (Å²) in [6.07, 6.45) is 0. The zero-order valence-corrected chi connectivity index (χ0v) is 8.09. The van der Waals surface area contributed by atoms with Gasteiger partial charge in [-0.1, -0.05) is 6.92 Å². The Morgan fingerprint density at radius 3 is 2.44 bits per heavy atom. The average molecular weight is 196 g/mol. The number of aryl methyl sites for hydroxylation is 1. The van der Waals surface area contributed by atoms with Crippen molar-refractivity contribution in [3.8, 4) is 5.75 Å². The number of phenols is 1. The number of aromatic hydroxyl groups is 1. The molecule has 0 heterocycles. The van der Waals surface area contributed by atoms with Crippen molar-refractivity contribution in [3.05, 3.63) is 29.8 Å². The second kappa shape index (κ2) is 4.02. The second-order valence-corrected chi connectivity index (χ2v) is 1.77. The molecule has 0 spiro atoms. The molecule has 1 N–H and O–H groups in total. The van der Waals surface area contributed by atoms with Gasteiger partial charge in [-0.3, -0.25) is 0 Å². The van der Waals surface area contributed by atoms with Crippen LogP contribution in [-0.2, 0) is 32.7 Å². The van der Waals surface area contributed by atoms with Gasteiger partial charge in [0.25, 0.3) is 0 Å². The van der Waals surface area contributed by atoms with Gasteiger partial charge in [-0.25, -0.2) is 0 Å². The van der Waals surface area contributed by atoms with E-state index in [-0.39, 0.29) is 38.5 Å². The van der Waals surface area contributed by atoms with E-state index < -0.39 is 0 Å². The Bertz CT molecular complexity index is 169.